The first-order valence-corrected chi connectivity index (χ1v) is 18.3. The average Bonchev–Trinajstić information content (AvgIpc) is 2.96. The van der Waals surface area contributed by atoms with Crippen LogP contribution in [0.25, 0.3) is 0 Å². The molecule has 4 nitrogen and oxygen atoms in total. The molecule has 40 heavy (non-hydrogen) atoms. The Kier molecular flexibility index (Phi) is 33.2. The SMILES string of the molecule is CCCCCCCCCCCCCCOCCC(N)(CCCN)CCOCCCCCCCCCCCCCC. The van der Waals surface area contributed by atoms with Crippen LogP contribution >= 0.6 is 0 Å². The van der Waals surface area contributed by atoms with Crippen LogP contribution in [0.3, 0.4) is 0 Å². The molecule has 0 spiro atoms. The lowest BCUT2D eigenvalue weighted by molar-refractivity contribution is 0.0813. The molecule has 0 aliphatic carbocycles. The van der Waals surface area contributed by atoms with Crippen molar-refractivity contribution >= 4 is 0 Å². The topological polar surface area (TPSA) is 70.5 Å². The van der Waals surface area contributed by atoms with Gasteiger partial charge in [-0.15, -0.1) is 0 Å². The van der Waals surface area contributed by atoms with Gasteiger partial charge in [0.1, 0.15) is 0 Å². The monoisotopic (exact) mass is 569 g/mol. The summed E-state index contributed by atoms with van der Waals surface area (Å²) >= 11 is 0. The van der Waals surface area contributed by atoms with E-state index < -0.39 is 0 Å². The molecule has 0 saturated heterocycles. The van der Waals surface area contributed by atoms with Crippen molar-refractivity contribution in [2.24, 2.45) is 11.5 Å². The zero-order valence-corrected chi connectivity index (χ0v) is 27.8. The Balaban J connectivity index is 3.60. The molecule has 0 atom stereocenters. The summed E-state index contributed by atoms with van der Waals surface area (Å²) in [5.41, 5.74) is 12.4. The average molecular weight is 569 g/mol. The van der Waals surface area contributed by atoms with E-state index in [4.69, 9.17) is 20.9 Å². The molecule has 0 unspecified atom stereocenters. The van der Waals surface area contributed by atoms with E-state index in [-0.39, 0.29) is 5.54 Å². The van der Waals surface area contributed by atoms with E-state index in [1.165, 1.54) is 154 Å². The fourth-order valence-electron chi connectivity index (χ4n) is 5.67. The maximum atomic E-state index is 6.78. The molecular weight excluding hydrogens is 492 g/mol. The number of hydrogen-bond donors (Lipinski definition) is 2. The normalized spacial score (nSPS) is 12.0. The van der Waals surface area contributed by atoms with E-state index in [1.807, 2.05) is 0 Å². The predicted octanol–water partition coefficient (Wildman–Crippen LogP) is 10.6. The second-order valence-corrected chi connectivity index (χ2v) is 12.8. The Hall–Kier alpha value is -0.160. The van der Waals surface area contributed by atoms with Crippen molar-refractivity contribution in [2.45, 2.75) is 199 Å². The second-order valence-electron chi connectivity index (χ2n) is 12.8. The highest BCUT2D eigenvalue weighted by Gasteiger charge is 2.24. The van der Waals surface area contributed by atoms with Gasteiger partial charge in [-0.1, -0.05) is 155 Å². The fourth-order valence-corrected chi connectivity index (χ4v) is 5.67. The van der Waals surface area contributed by atoms with Gasteiger partial charge in [-0.25, -0.2) is 0 Å². The Morgan fingerprint density at radius 3 is 0.975 bits per heavy atom. The van der Waals surface area contributed by atoms with Crippen LogP contribution in [0.15, 0.2) is 0 Å². The summed E-state index contributed by atoms with van der Waals surface area (Å²) in [6, 6.07) is 0. The molecule has 0 bridgehead atoms. The Morgan fingerprint density at radius 1 is 0.375 bits per heavy atom. The fraction of sp³-hybridized carbons (Fsp3) is 1.00. The summed E-state index contributed by atoms with van der Waals surface area (Å²) in [7, 11) is 0. The maximum Gasteiger partial charge on any atom is 0.0483 e. The number of ether oxygens (including phenoxy) is 2. The van der Waals surface area contributed by atoms with Crippen molar-refractivity contribution in [1.82, 2.24) is 0 Å². The lowest BCUT2D eigenvalue weighted by Gasteiger charge is -2.29. The molecule has 0 aromatic carbocycles. The van der Waals surface area contributed by atoms with Crippen LogP contribution in [-0.4, -0.2) is 38.5 Å². The number of hydrogen-bond acceptors (Lipinski definition) is 4. The molecule has 0 amide bonds. The number of unbranched alkanes of at least 4 members (excludes halogenated alkanes) is 22. The lowest BCUT2D eigenvalue weighted by Crippen LogP contribution is -2.42. The van der Waals surface area contributed by atoms with Crippen LogP contribution in [0.1, 0.15) is 194 Å². The minimum atomic E-state index is -0.202. The first kappa shape index (κ1) is 39.8. The highest BCUT2D eigenvalue weighted by molar-refractivity contribution is 4.84. The molecule has 0 heterocycles. The molecule has 0 radical (unpaired) electrons. The van der Waals surface area contributed by atoms with Crippen LogP contribution in [-0.2, 0) is 9.47 Å². The molecule has 0 aliphatic rings. The summed E-state index contributed by atoms with van der Waals surface area (Å²) in [4.78, 5) is 0. The van der Waals surface area contributed by atoms with Crippen LogP contribution < -0.4 is 11.5 Å². The van der Waals surface area contributed by atoms with Crippen molar-refractivity contribution in [3.05, 3.63) is 0 Å². The highest BCUT2D eigenvalue weighted by Crippen LogP contribution is 2.20. The molecule has 0 saturated carbocycles. The van der Waals surface area contributed by atoms with Crippen molar-refractivity contribution in [3.8, 4) is 0 Å². The summed E-state index contributed by atoms with van der Waals surface area (Å²) in [6.07, 6.45) is 36.9. The van der Waals surface area contributed by atoms with Gasteiger partial charge in [0.05, 0.1) is 0 Å². The molecule has 0 rings (SSSR count). The van der Waals surface area contributed by atoms with Gasteiger partial charge < -0.3 is 20.9 Å². The van der Waals surface area contributed by atoms with Gasteiger partial charge in [0.2, 0.25) is 0 Å². The van der Waals surface area contributed by atoms with Crippen LogP contribution in [0.5, 0.6) is 0 Å². The second kappa shape index (κ2) is 33.3. The maximum absolute atomic E-state index is 6.78. The molecule has 0 fully saturated rings. The molecule has 4 N–H and O–H groups in total. The first-order chi connectivity index (χ1) is 19.7. The quantitative estimate of drug-likeness (QED) is 0.0746. The third-order valence-corrected chi connectivity index (χ3v) is 8.65. The van der Waals surface area contributed by atoms with Crippen molar-refractivity contribution < 1.29 is 9.47 Å². The zero-order chi connectivity index (χ0) is 29.2. The number of rotatable bonds is 35. The minimum Gasteiger partial charge on any atom is -0.381 e. The van der Waals surface area contributed by atoms with Gasteiger partial charge in [-0.2, -0.15) is 0 Å². The molecule has 242 valence electrons. The van der Waals surface area contributed by atoms with E-state index in [0.717, 1.165) is 52.1 Å². The Bertz CT molecular complexity index is 426. The zero-order valence-electron chi connectivity index (χ0n) is 27.8. The van der Waals surface area contributed by atoms with E-state index in [2.05, 4.69) is 13.8 Å². The molecular formula is C36H76N2O2. The molecule has 4 heteroatoms. The molecule has 0 aromatic heterocycles. The smallest absolute Gasteiger partial charge is 0.0483 e. The predicted molar refractivity (Wildman–Crippen MR) is 178 cm³/mol. The Labute approximate surface area is 252 Å². The first-order valence-electron chi connectivity index (χ1n) is 18.3. The minimum absolute atomic E-state index is 0.202. The van der Waals surface area contributed by atoms with Crippen LogP contribution in [0.4, 0.5) is 0 Å². The Morgan fingerprint density at radius 2 is 0.675 bits per heavy atom. The van der Waals surface area contributed by atoms with Gasteiger partial charge in [-0.05, 0) is 45.1 Å². The summed E-state index contributed by atoms with van der Waals surface area (Å²) in [5, 5.41) is 0. The van der Waals surface area contributed by atoms with Gasteiger partial charge in [0.25, 0.3) is 0 Å². The van der Waals surface area contributed by atoms with Crippen LogP contribution in [0.2, 0.25) is 0 Å². The van der Waals surface area contributed by atoms with Crippen molar-refractivity contribution in [1.29, 1.82) is 0 Å². The van der Waals surface area contributed by atoms with Crippen molar-refractivity contribution in [2.75, 3.05) is 33.0 Å². The van der Waals surface area contributed by atoms with Crippen LogP contribution in [0, 0.1) is 0 Å². The summed E-state index contributed by atoms with van der Waals surface area (Å²) < 4.78 is 12.0. The lowest BCUT2D eigenvalue weighted by atomic mass is 9.88. The number of nitrogens with two attached hydrogens (primary N) is 2. The van der Waals surface area contributed by atoms with Gasteiger partial charge >= 0.3 is 0 Å². The van der Waals surface area contributed by atoms with Gasteiger partial charge in [0.15, 0.2) is 0 Å². The van der Waals surface area contributed by atoms with E-state index in [1.54, 1.807) is 0 Å². The van der Waals surface area contributed by atoms with Gasteiger partial charge in [-0.3, -0.25) is 0 Å². The third-order valence-electron chi connectivity index (χ3n) is 8.65. The molecule has 0 aliphatic heterocycles. The third kappa shape index (κ3) is 30.8. The van der Waals surface area contributed by atoms with Gasteiger partial charge in [0, 0.05) is 32.0 Å². The summed E-state index contributed by atoms with van der Waals surface area (Å²) in [5.74, 6) is 0. The van der Waals surface area contributed by atoms with E-state index in [9.17, 15) is 0 Å². The highest BCUT2D eigenvalue weighted by atomic mass is 16.5. The van der Waals surface area contributed by atoms with E-state index >= 15 is 0 Å². The largest absolute Gasteiger partial charge is 0.381 e. The molecule has 0 aromatic rings. The van der Waals surface area contributed by atoms with E-state index in [0.29, 0.717) is 6.54 Å². The van der Waals surface area contributed by atoms with Crippen molar-refractivity contribution in [3.63, 3.8) is 0 Å². The summed E-state index contributed by atoms with van der Waals surface area (Å²) in [6.45, 7) is 8.56. The standard InChI is InChI=1S/C36H76N2O2/c1-3-5-7-9-11-13-15-17-19-21-23-25-32-39-34-29-36(38,28-27-31-37)30-35-40-33-26-24-22-20-18-16-14-12-10-8-6-4-2/h3-35,37-38H2,1-2H3.